The summed E-state index contributed by atoms with van der Waals surface area (Å²) in [5.41, 5.74) is 1.19. The molecule has 76 valence electrons. The highest BCUT2D eigenvalue weighted by Crippen LogP contribution is 2.09. The Hall–Kier alpha value is -0.800. The van der Waals surface area contributed by atoms with Gasteiger partial charge in [-0.3, -0.25) is 4.79 Å². The average Bonchev–Trinajstić information content (AvgIpc) is 2.25. The number of hydrogen-bond acceptors (Lipinski definition) is 3. The van der Waals surface area contributed by atoms with E-state index in [1.807, 2.05) is 30.3 Å². The topological polar surface area (TPSA) is 37.3 Å². The summed E-state index contributed by atoms with van der Waals surface area (Å²) in [6.07, 6.45) is 1.34. The maximum absolute atomic E-state index is 11.2. The van der Waals surface area contributed by atoms with Crippen molar-refractivity contribution in [1.82, 2.24) is 0 Å². The molecule has 0 fully saturated rings. The Morgan fingerprint density at radius 2 is 2.00 bits per heavy atom. The van der Waals surface area contributed by atoms with Crippen LogP contribution in [0, 0.1) is 0 Å². The third-order valence-electron chi connectivity index (χ3n) is 1.81. The van der Waals surface area contributed by atoms with E-state index in [4.69, 9.17) is 5.11 Å². The van der Waals surface area contributed by atoms with Crippen molar-refractivity contribution in [3.8, 4) is 0 Å². The molecule has 0 heterocycles. The molecule has 0 aliphatic heterocycles. The Kier molecular flexibility index (Phi) is 5.33. The summed E-state index contributed by atoms with van der Waals surface area (Å²) < 4.78 is 0. The van der Waals surface area contributed by atoms with E-state index >= 15 is 0 Å². The van der Waals surface area contributed by atoms with E-state index in [2.05, 4.69) is 0 Å². The highest BCUT2D eigenvalue weighted by atomic mass is 32.2. The predicted octanol–water partition coefficient (Wildman–Crippen LogP) is 1.87. The number of thioether (sulfide) groups is 1. The Bertz CT molecular complexity index is 272. The molecular weight excluding hydrogens is 196 g/mol. The van der Waals surface area contributed by atoms with Crippen LogP contribution in [0.5, 0.6) is 0 Å². The summed E-state index contributed by atoms with van der Waals surface area (Å²) in [6.45, 7) is 0.0712. The fourth-order valence-corrected chi connectivity index (χ4v) is 1.69. The molecule has 1 N–H and O–H groups in total. The van der Waals surface area contributed by atoms with Gasteiger partial charge in [0.2, 0.25) is 0 Å². The number of hydrogen-bond donors (Lipinski definition) is 1. The molecule has 0 saturated carbocycles. The number of aliphatic hydroxyl groups excluding tert-OH is 1. The van der Waals surface area contributed by atoms with Crippen LogP contribution in [0.3, 0.4) is 0 Å². The van der Waals surface area contributed by atoms with Crippen molar-refractivity contribution in [1.29, 1.82) is 0 Å². The van der Waals surface area contributed by atoms with Crippen LogP contribution in [-0.4, -0.2) is 22.6 Å². The quantitative estimate of drug-likeness (QED) is 0.806. The van der Waals surface area contributed by atoms with Gasteiger partial charge in [-0.05, 0) is 12.0 Å². The summed E-state index contributed by atoms with van der Waals surface area (Å²) in [7, 11) is 0. The van der Waals surface area contributed by atoms with Gasteiger partial charge in [-0.2, -0.15) is 0 Å². The lowest BCUT2D eigenvalue weighted by molar-refractivity contribution is -0.110. The highest BCUT2D eigenvalue weighted by Gasteiger charge is 2.02. The molecular formula is C11H14O2S. The second-order valence-corrected chi connectivity index (χ2v) is 4.08. The van der Waals surface area contributed by atoms with E-state index in [0.29, 0.717) is 12.2 Å². The molecule has 1 aromatic carbocycles. The molecule has 0 spiro atoms. The first-order valence-electron chi connectivity index (χ1n) is 4.63. The van der Waals surface area contributed by atoms with Crippen LogP contribution in [0.1, 0.15) is 12.0 Å². The van der Waals surface area contributed by atoms with Gasteiger partial charge in [-0.1, -0.05) is 42.1 Å². The van der Waals surface area contributed by atoms with Gasteiger partial charge in [0.15, 0.2) is 5.12 Å². The van der Waals surface area contributed by atoms with Gasteiger partial charge in [-0.15, -0.1) is 0 Å². The van der Waals surface area contributed by atoms with Crippen molar-refractivity contribution in [2.45, 2.75) is 12.8 Å². The van der Waals surface area contributed by atoms with Crippen LogP contribution in [0.2, 0.25) is 0 Å². The van der Waals surface area contributed by atoms with Crippen LogP contribution in [0.4, 0.5) is 0 Å². The van der Waals surface area contributed by atoms with Crippen molar-refractivity contribution in [2.75, 3.05) is 12.4 Å². The first kappa shape index (κ1) is 11.3. The minimum Gasteiger partial charge on any atom is -0.396 e. The monoisotopic (exact) mass is 210 g/mol. The molecule has 3 heteroatoms. The van der Waals surface area contributed by atoms with Gasteiger partial charge in [-0.25, -0.2) is 0 Å². The van der Waals surface area contributed by atoms with Crippen molar-refractivity contribution in [3.05, 3.63) is 35.9 Å². The maximum Gasteiger partial charge on any atom is 0.189 e. The Balaban J connectivity index is 2.24. The molecule has 14 heavy (non-hydrogen) atoms. The SMILES string of the molecule is O=C(CCc1ccccc1)SCCO. The van der Waals surface area contributed by atoms with Crippen molar-refractivity contribution in [2.24, 2.45) is 0 Å². The summed E-state index contributed by atoms with van der Waals surface area (Å²) >= 11 is 1.21. The molecule has 0 amide bonds. The van der Waals surface area contributed by atoms with E-state index in [9.17, 15) is 4.79 Å². The molecule has 0 bridgehead atoms. The Labute approximate surface area is 88.3 Å². The Morgan fingerprint density at radius 3 is 2.64 bits per heavy atom. The normalized spacial score (nSPS) is 10.1. The van der Waals surface area contributed by atoms with Crippen molar-refractivity contribution >= 4 is 16.9 Å². The van der Waals surface area contributed by atoms with Gasteiger partial charge in [0, 0.05) is 12.2 Å². The lowest BCUT2D eigenvalue weighted by Crippen LogP contribution is -1.98. The Morgan fingerprint density at radius 1 is 1.29 bits per heavy atom. The van der Waals surface area contributed by atoms with Crippen LogP contribution in [-0.2, 0) is 11.2 Å². The molecule has 1 aromatic rings. The average molecular weight is 210 g/mol. The first-order valence-corrected chi connectivity index (χ1v) is 5.62. The molecule has 0 saturated heterocycles. The number of aryl methyl sites for hydroxylation is 1. The predicted molar refractivity (Wildman–Crippen MR) is 59.3 cm³/mol. The number of carbonyl (C=O) groups is 1. The third kappa shape index (κ3) is 4.44. The van der Waals surface area contributed by atoms with Crippen LogP contribution in [0.25, 0.3) is 0 Å². The zero-order chi connectivity index (χ0) is 10.2. The van der Waals surface area contributed by atoms with E-state index in [1.54, 1.807) is 0 Å². The van der Waals surface area contributed by atoms with E-state index < -0.39 is 0 Å². The summed E-state index contributed by atoms with van der Waals surface area (Å²) in [4.78, 5) is 11.2. The van der Waals surface area contributed by atoms with Gasteiger partial charge in [0.1, 0.15) is 0 Å². The standard InChI is InChI=1S/C11H14O2S/c12-8-9-14-11(13)7-6-10-4-2-1-3-5-10/h1-5,12H,6-9H2. The fourth-order valence-electron chi connectivity index (χ4n) is 1.12. The second kappa shape index (κ2) is 6.62. The van der Waals surface area contributed by atoms with Crippen LogP contribution in [0.15, 0.2) is 30.3 Å². The summed E-state index contributed by atoms with van der Waals surface area (Å²) in [6, 6.07) is 9.95. The largest absolute Gasteiger partial charge is 0.396 e. The minimum atomic E-state index is 0.0712. The van der Waals surface area contributed by atoms with Gasteiger partial charge < -0.3 is 5.11 Å². The van der Waals surface area contributed by atoms with E-state index in [0.717, 1.165) is 6.42 Å². The summed E-state index contributed by atoms with van der Waals surface area (Å²) in [5.74, 6) is 0.508. The van der Waals surface area contributed by atoms with Crippen molar-refractivity contribution in [3.63, 3.8) is 0 Å². The first-order chi connectivity index (χ1) is 6.83. The molecule has 0 aliphatic carbocycles. The van der Waals surface area contributed by atoms with Gasteiger partial charge >= 0.3 is 0 Å². The number of carbonyl (C=O) groups excluding carboxylic acids is 1. The van der Waals surface area contributed by atoms with Crippen LogP contribution >= 0.6 is 11.8 Å². The summed E-state index contributed by atoms with van der Waals surface area (Å²) in [5, 5.41) is 8.68. The van der Waals surface area contributed by atoms with Gasteiger partial charge in [0.05, 0.1) is 6.61 Å². The van der Waals surface area contributed by atoms with Crippen LogP contribution < -0.4 is 0 Å². The maximum atomic E-state index is 11.2. The number of rotatable bonds is 5. The smallest absolute Gasteiger partial charge is 0.189 e. The number of aliphatic hydroxyl groups is 1. The van der Waals surface area contributed by atoms with Crippen molar-refractivity contribution < 1.29 is 9.90 Å². The second-order valence-electron chi connectivity index (χ2n) is 2.93. The molecule has 0 atom stereocenters. The number of benzene rings is 1. The zero-order valence-corrected chi connectivity index (χ0v) is 8.80. The van der Waals surface area contributed by atoms with E-state index in [-0.39, 0.29) is 11.7 Å². The molecule has 0 aromatic heterocycles. The fraction of sp³-hybridized carbons (Fsp3) is 0.364. The third-order valence-corrected chi connectivity index (χ3v) is 2.73. The van der Waals surface area contributed by atoms with Gasteiger partial charge in [0.25, 0.3) is 0 Å². The zero-order valence-electron chi connectivity index (χ0n) is 7.98. The molecule has 0 radical (unpaired) electrons. The molecule has 2 nitrogen and oxygen atoms in total. The molecule has 0 aliphatic rings. The minimum absolute atomic E-state index is 0.0712. The molecule has 1 rings (SSSR count). The highest BCUT2D eigenvalue weighted by molar-refractivity contribution is 8.13. The lowest BCUT2D eigenvalue weighted by Gasteiger charge is -1.99. The van der Waals surface area contributed by atoms with E-state index in [1.165, 1.54) is 17.3 Å². The lowest BCUT2D eigenvalue weighted by atomic mass is 10.1. The molecule has 0 unspecified atom stereocenters.